The van der Waals surface area contributed by atoms with E-state index >= 15 is 0 Å². The van der Waals surface area contributed by atoms with Gasteiger partial charge in [-0.2, -0.15) is 0 Å². The van der Waals surface area contributed by atoms with Gasteiger partial charge in [0.25, 0.3) is 5.56 Å². The number of hydrogen-bond donors (Lipinski definition) is 0. The Bertz CT molecular complexity index is 1180. The molecule has 1 aliphatic carbocycles. The van der Waals surface area contributed by atoms with E-state index in [-0.39, 0.29) is 11.0 Å². The van der Waals surface area contributed by atoms with E-state index in [0.717, 1.165) is 54.4 Å². The van der Waals surface area contributed by atoms with Crippen LogP contribution in [0.4, 0.5) is 0 Å². The van der Waals surface area contributed by atoms with Crippen molar-refractivity contribution in [2.45, 2.75) is 84.3 Å². The number of benzene rings is 1. The van der Waals surface area contributed by atoms with Crippen LogP contribution >= 0.6 is 11.8 Å². The van der Waals surface area contributed by atoms with Gasteiger partial charge in [0.2, 0.25) is 5.78 Å². The van der Waals surface area contributed by atoms with Crippen molar-refractivity contribution in [3.8, 4) is 11.3 Å². The Morgan fingerprint density at radius 1 is 1.09 bits per heavy atom. The normalized spacial score (nSPS) is 17.9. The molecule has 0 fully saturated rings. The van der Waals surface area contributed by atoms with Gasteiger partial charge in [0.1, 0.15) is 0 Å². The topological polar surface area (TPSA) is 52.2 Å². The third-order valence-corrected chi connectivity index (χ3v) is 7.84. The monoisotopic (exact) mass is 452 g/mol. The van der Waals surface area contributed by atoms with Crippen molar-refractivity contribution in [1.29, 1.82) is 0 Å². The molecule has 0 saturated carbocycles. The standard InChI is InChI=1S/C26H36N4OS/c1-7-26(6)16-19-10-8-9-11-20(19)22-21(26)23(31)30-24(29(22)14-12-17(2)3)27-28-25(30)32-15-13-18(4)5/h8-11,17-18H,7,12-16H2,1-6H3. The molecular weight excluding hydrogens is 416 g/mol. The van der Waals surface area contributed by atoms with Crippen LogP contribution in [0.1, 0.15) is 71.9 Å². The number of hydrogen-bond acceptors (Lipinski definition) is 4. The molecule has 0 amide bonds. The second-order valence-electron chi connectivity index (χ2n) is 10.3. The Hall–Kier alpha value is -2.08. The molecule has 6 heteroatoms. The number of aromatic nitrogens is 4. The molecular formula is C26H36N4OS. The quantitative estimate of drug-likeness (QED) is 0.395. The molecule has 0 spiro atoms. The smallest absolute Gasteiger partial charge is 0.265 e. The van der Waals surface area contributed by atoms with Crippen LogP contribution in [0.25, 0.3) is 17.0 Å². The number of thioether (sulfide) groups is 1. The zero-order valence-corrected chi connectivity index (χ0v) is 21.1. The zero-order chi connectivity index (χ0) is 23.0. The molecule has 0 radical (unpaired) electrons. The molecule has 1 atom stereocenters. The third-order valence-electron chi connectivity index (χ3n) is 6.87. The van der Waals surface area contributed by atoms with Gasteiger partial charge in [-0.1, -0.05) is 77.6 Å². The first-order valence-electron chi connectivity index (χ1n) is 12.0. The highest BCUT2D eigenvalue weighted by molar-refractivity contribution is 7.99. The summed E-state index contributed by atoms with van der Waals surface area (Å²) in [6, 6.07) is 8.57. The second-order valence-corrected chi connectivity index (χ2v) is 11.3. The number of fused-ring (bicyclic) bond motifs is 4. The van der Waals surface area contributed by atoms with E-state index in [1.54, 1.807) is 16.2 Å². The molecule has 0 saturated heterocycles. The van der Waals surface area contributed by atoms with E-state index in [4.69, 9.17) is 0 Å². The van der Waals surface area contributed by atoms with Gasteiger partial charge < -0.3 is 4.57 Å². The van der Waals surface area contributed by atoms with Gasteiger partial charge in [0, 0.05) is 28.8 Å². The highest BCUT2D eigenvalue weighted by atomic mass is 32.2. The first-order chi connectivity index (χ1) is 15.3. The van der Waals surface area contributed by atoms with E-state index in [1.165, 1.54) is 11.1 Å². The first-order valence-corrected chi connectivity index (χ1v) is 13.0. The van der Waals surface area contributed by atoms with E-state index in [2.05, 4.69) is 80.6 Å². The molecule has 4 rings (SSSR count). The fourth-order valence-electron chi connectivity index (χ4n) is 4.68. The molecule has 1 aliphatic rings. The predicted molar refractivity (Wildman–Crippen MR) is 134 cm³/mol. The molecule has 0 N–H and O–H groups in total. The average Bonchev–Trinajstić information content (AvgIpc) is 3.17. The second kappa shape index (κ2) is 9.05. The Kier molecular flexibility index (Phi) is 6.53. The SMILES string of the molecule is CCC1(C)Cc2ccccc2-c2c1c(=O)n1c(SCCC(C)C)nnc1n2CCC(C)C. The summed E-state index contributed by atoms with van der Waals surface area (Å²) < 4.78 is 4.08. The fraction of sp³-hybridized carbons (Fsp3) is 0.577. The van der Waals surface area contributed by atoms with E-state index < -0.39 is 0 Å². The van der Waals surface area contributed by atoms with Crippen LogP contribution in [-0.4, -0.2) is 24.9 Å². The molecule has 1 unspecified atom stereocenters. The lowest BCUT2D eigenvalue weighted by Gasteiger charge is -2.37. The van der Waals surface area contributed by atoms with Crippen LogP contribution in [0, 0.1) is 11.8 Å². The molecule has 2 heterocycles. The molecule has 172 valence electrons. The Labute approximate surface area is 195 Å². The van der Waals surface area contributed by atoms with Crippen LogP contribution in [0.5, 0.6) is 0 Å². The highest BCUT2D eigenvalue weighted by Gasteiger charge is 2.39. The summed E-state index contributed by atoms with van der Waals surface area (Å²) in [4.78, 5) is 14.1. The van der Waals surface area contributed by atoms with Crippen molar-refractivity contribution in [3.05, 3.63) is 45.7 Å². The summed E-state index contributed by atoms with van der Waals surface area (Å²) in [6.45, 7) is 14.2. The van der Waals surface area contributed by atoms with Crippen LogP contribution < -0.4 is 5.56 Å². The molecule has 5 nitrogen and oxygen atoms in total. The van der Waals surface area contributed by atoms with Crippen LogP contribution in [0.2, 0.25) is 0 Å². The van der Waals surface area contributed by atoms with E-state index in [0.29, 0.717) is 17.6 Å². The summed E-state index contributed by atoms with van der Waals surface area (Å²) in [6.07, 6.45) is 3.91. The maximum absolute atomic E-state index is 14.1. The minimum absolute atomic E-state index is 0.0618. The molecule has 0 aliphatic heterocycles. The van der Waals surface area contributed by atoms with Gasteiger partial charge in [-0.25, -0.2) is 4.40 Å². The average molecular weight is 453 g/mol. The van der Waals surface area contributed by atoms with Crippen LogP contribution in [0.15, 0.2) is 34.2 Å². The number of rotatable bonds is 8. The summed E-state index contributed by atoms with van der Waals surface area (Å²) in [5, 5.41) is 9.79. The van der Waals surface area contributed by atoms with Crippen molar-refractivity contribution < 1.29 is 0 Å². The van der Waals surface area contributed by atoms with Gasteiger partial charge in [0.15, 0.2) is 5.16 Å². The van der Waals surface area contributed by atoms with Crippen molar-refractivity contribution in [1.82, 2.24) is 19.2 Å². The van der Waals surface area contributed by atoms with Gasteiger partial charge in [0.05, 0.1) is 5.69 Å². The molecule has 2 aromatic heterocycles. The Morgan fingerprint density at radius 3 is 2.50 bits per heavy atom. The lowest BCUT2D eigenvalue weighted by atomic mass is 9.69. The van der Waals surface area contributed by atoms with Gasteiger partial charge in [-0.05, 0) is 43.1 Å². The molecule has 1 aromatic carbocycles. The van der Waals surface area contributed by atoms with E-state index in [9.17, 15) is 4.79 Å². The summed E-state index contributed by atoms with van der Waals surface area (Å²) in [7, 11) is 0. The third kappa shape index (κ3) is 4.02. The lowest BCUT2D eigenvalue weighted by molar-refractivity contribution is 0.430. The summed E-state index contributed by atoms with van der Waals surface area (Å²) in [5.74, 6) is 2.80. The van der Waals surface area contributed by atoms with Crippen LogP contribution in [-0.2, 0) is 18.4 Å². The number of nitrogens with zero attached hydrogens (tertiary/aromatic N) is 4. The highest BCUT2D eigenvalue weighted by Crippen LogP contribution is 2.44. The maximum Gasteiger partial charge on any atom is 0.265 e. The lowest BCUT2D eigenvalue weighted by Crippen LogP contribution is -2.39. The molecule has 32 heavy (non-hydrogen) atoms. The van der Waals surface area contributed by atoms with Gasteiger partial charge in [-0.15, -0.1) is 10.2 Å². The van der Waals surface area contributed by atoms with Crippen molar-refractivity contribution in [2.75, 3.05) is 5.75 Å². The van der Waals surface area contributed by atoms with Crippen LogP contribution in [0.3, 0.4) is 0 Å². The first kappa shape index (κ1) is 23.1. The predicted octanol–water partition coefficient (Wildman–Crippen LogP) is 5.97. The van der Waals surface area contributed by atoms with Gasteiger partial charge >= 0.3 is 0 Å². The zero-order valence-electron chi connectivity index (χ0n) is 20.3. The molecule has 0 bridgehead atoms. The number of aryl methyl sites for hydroxylation is 1. The minimum atomic E-state index is -0.210. The van der Waals surface area contributed by atoms with Crippen molar-refractivity contribution in [3.63, 3.8) is 0 Å². The van der Waals surface area contributed by atoms with Crippen molar-refractivity contribution >= 4 is 17.5 Å². The largest absolute Gasteiger partial charge is 0.309 e. The van der Waals surface area contributed by atoms with Gasteiger partial charge in [-0.3, -0.25) is 4.79 Å². The molecule has 3 aromatic rings. The van der Waals surface area contributed by atoms with Crippen molar-refractivity contribution in [2.24, 2.45) is 11.8 Å². The maximum atomic E-state index is 14.1. The Morgan fingerprint density at radius 2 is 1.81 bits per heavy atom. The Balaban J connectivity index is 2.01. The summed E-state index contributed by atoms with van der Waals surface area (Å²) in [5.41, 5.74) is 4.33. The van der Waals surface area contributed by atoms with E-state index in [1.807, 2.05) is 0 Å². The minimum Gasteiger partial charge on any atom is -0.309 e. The fourth-order valence-corrected chi connectivity index (χ4v) is 5.85. The summed E-state index contributed by atoms with van der Waals surface area (Å²) >= 11 is 1.65.